The molecule has 0 spiro atoms. The van der Waals surface area contributed by atoms with Crippen molar-refractivity contribution in [3.05, 3.63) is 106 Å². The van der Waals surface area contributed by atoms with E-state index in [9.17, 15) is 4.79 Å². The van der Waals surface area contributed by atoms with Crippen molar-refractivity contribution in [2.45, 2.75) is 20.0 Å². The summed E-state index contributed by atoms with van der Waals surface area (Å²) in [4.78, 5) is 12.7. The van der Waals surface area contributed by atoms with Crippen LogP contribution in [0.25, 0.3) is 0 Å². The average molecular weight is 331 g/mol. The predicted molar refractivity (Wildman–Crippen MR) is 101 cm³/mol. The van der Waals surface area contributed by atoms with Crippen LogP contribution in [0.15, 0.2) is 77.7 Å². The summed E-state index contributed by atoms with van der Waals surface area (Å²) in [6, 6.07) is 21.5. The third-order valence-corrected chi connectivity index (χ3v) is 4.08. The Kier molecular flexibility index (Phi) is 5.09. The van der Waals surface area contributed by atoms with Crippen molar-refractivity contribution in [2.75, 3.05) is 0 Å². The molecule has 0 saturated carbocycles. The van der Waals surface area contributed by atoms with Gasteiger partial charge in [0.2, 0.25) is 0 Å². The van der Waals surface area contributed by atoms with E-state index in [1.807, 2.05) is 67.6 Å². The molecule has 0 amide bonds. The minimum Gasteiger partial charge on any atom is -0.366 e. The zero-order chi connectivity index (χ0) is 17.6. The fraction of sp³-hybridized carbons (Fsp3) is 0.143. The topological polar surface area (TPSA) is 57.9 Å². The van der Waals surface area contributed by atoms with Gasteiger partial charge in [-0.25, -0.2) is 0 Å². The fourth-order valence-electron chi connectivity index (χ4n) is 2.62. The van der Waals surface area contributed by atoms with Gasteiger partial charge in [0.25, 0.3) is 5.56 Å². The average Bonchev–Trinajstić information content (AvgIpc) is 2.64. The lowest BCUT2D eigenvalue weighted by Gasteiger charge is -2.11. The third kappa shape index (κ3) is 4.23. The van der Waals surface area contributed by atoms with Crippen LogP contribution in [0.2, 0.25) is 0 Å². The minimum absolute atomic E-state index is 0.145. The van der Waals surface area contributed by atoms with Crippen LogP contribution in [0.4, 0.5) is 0 Å². The van der Waals surface area contributed by atoms with Crippen LogP contribution in [0, 0.1) is 12.3 Å². The highest BCUT2D eigenvalue weighted by Crippen LogP contribution is 2.05. The number of rotatable bonds is 5. The Morgan fingerprint density at radius 3 is 2.40 bits per heavy atom. The number of amidine groups is 1. The molecule has 0 fully saturated rings. The summed E-state index contributed by atoms with van der Waals surface area (Å²) >= 11 is 0. The lowest BCUT2D eigenvalue weighted by molar-refractivity contribution is 0.755. The van der Waals surface area contributed by atoms with Crippen molar-refractivity contribution in [3.8, 4) is 0 Å². The number of hydrogen-bond donors (Lipinski definition) is 2. The van der Waals surface area contributed by atoms with Crippen molar-refractivity contribution in [3.63, 3.8) is 0 Å². The highest BCUT2D eigenvalue weighted by atomic mass is 16.1. The molecule has 2 aromatic carbocycles. The normalized spacial score (nSPS) is 10.4. The van der Waals surface area contributed by atoms with Gasteiger partial charge in [-0.05, 0) is 30.2 Å². The van der Waals surface area contributed by atoms with Gasteiger partial charge in [-0.2, -0.15) is 0 Å². The van der Waals surface area contributed by atoms with Crippen LogP contribution >= 0.6 is 0 Å². The summed E-state index contributed by atoms with van der Waals surface area (Å²) in [5.74, 6) is 0.145. The standard InChI is InChI=1S/C21H21N3O/c1-16-9-11-18(12-10-16)15-24-13-5-8-19(21(24)25)20(22)23-14-17-6-3-2-4-7-17/h2-13H,14-15H2,1H3,(H2,22,23). The van der Waals surface area contributed by atoms with Gasteiger partial charge in [-0.3, -0.25) is 10.2 Å². The Hall–Kier alpha value is -3.14. The van der Waals surface area contributed by atoms with Gasteiger partial charge in [0, 0.05) is 12.7 Å². The highest BCUT2D eigenvalue weighted by molar-refractivity contribution is 5.95. The minimum atomic E-state index is -0.159. The van der Waals surface area contributed by atoms with E-state index >= 15 is 0 Å². The number of nitrogens with one attached hydrogen (secondary N) is 2. The van der Waals surface area contributed by atoms with E-state index in [1.165, 1.54) is 5.56 Å². The maximum atomic E-state index is 12.7. The second kappa shape index (κ2) is 7.62. The largest absolute Gasteiger partial charge is 0.366 e. The van der Waals surface area contributed by atoms with Crippen LogP contribution in [-0.4, -0.2) is 10.4 Å². The number of hydrogen-bond acceptors (Lipinski definition) is 2. The van der Waals surface area contributed by atoms with Gasteiger partial charge in [0.15, 0.2) is 0 Å². The van der Waals surface area contributed by atoms with E-state index in [0.29, 0.717) is 18.7 Å². The molecule has 1 heterocycles. The molecule has 2 N–H and O–H groups in total. The summed E-state index contributed by atoms with van der Waals surface area (Å²) in [5, 5.41) is 11.2. The maximum Gasteiger partial charge on any atom is 0.261 e. The number of aryl methyl sites for hydroxylation is 1. The van der Waals surface area contributed by atoms with Crippen molar-refractivity contribution in [2.24, 2.45) is 0 Å². The summed E-state index contributed by atoms with van der Waals surface area (Å²) in [6.45, 7) is 3.06. The van der Waals surface area contributed by atoms with Crippen LogP contribution in [0.3, 0.4) is 0 Å². The Bertz CT molecular complexity index is 912. The van der Waals surface area contributed by atoms with Crippen molar-refractivity contribution < 1.29 is 0 Å². The van der Waals surface area contributed by atoms with Crippen molar-refractivity contribution in [1.29, 1.82) is 5.41 Å². The number of benzene rings is 2. The molecule has 126 valence electrons. The van der Waals surface area contributed by atoms with E-state index in [1.54, 1.807) is 16.8 Å². The molecular weight excluding hydrogens is 310 g/mol. The lowest BCUT2D eigenvalue weighted by Crippen LogP contribution is -2.32. The molecule has 4 nitrogen and oxygen atoms in total. The first-order chi connectivity index (χ1) is 12.1. The van der Waals surface area contributed by atoms with Gasteiger partial charge in [0.05, 0.1) is 12.1 Å². The fourth-order valence-corrected chi connectivity index (χ4v) is 2.62. The Labute approximate surface area is 147 Å². The summed E-state index contributed by atoms with van der Waals surface area (Å²) in [7, 11) is 0. The van der Waals surface area contributed by atoms with Crippen LogP contribution in [-0.2, 0) is 13.1 Å². The maximum absolute atomic E-state index is 12.7. The van der Waals surface area contributed by atoms with E-state index in [0.717, 1.165) is 11.1 Å². The number of pyridine rings is 1. The van der Waals surface area contributed by atoms with E-state index in [4.69, 9.17) is 5.41 Å². The molecule has 0 aliphatic rings. The Morgan fingerprint density at radius 1 is 0.960 bits per heavy atom. The summed E-state index contributed by atoms with van der Waals surface area (Å²) in [6.07, 6.45) is 1.76. The first-order valence-electron chi connectivity index (χ1n) is 8.25. The van der Waals surface area contributed by atoms with Crippen molar-refractivity contribution >= 4 is 5.84 Å². The first kappa shape index (κ1) is 16.7. The van der Waals surface area contributed by atoms with Gasteiger partial charge >= 0.3 is 0 Å². The van der Waals surface area contributed by atoms with Gasteiger partial charge in [0.1, 0.15) is 5.84 Å². The van der Waals surface area contributed by atoms with E-state index in [2.05, 4.69) is 5.32 Å². The molecule has 0 radical (unpaired) electrons. The predicted octanol–water partition coefficient (Wildman–Crippen LogP) is 3.32. The molecule has 4 heteroatoms. The molecule has 1 aromatic heterocycles. The lowest BCUT2D eigenvalue weighted by atomic mass is 10.1. The molecule has 25 heavy (non-hydrogen) atoms. The Balaban J connectivity index is 1.75. The summed E-state index contributed by atoms with van der Waals surface area (Å²) in [5.41, 5.74) is 3.55. The molecule has 0 unspecified atom stereocenters. The number of nitrogens with zero attached hydrogens (tertiary/aromatic N) is 1. The molecule has 0 aliphatic carbocycles. The van der Waals surface area contributed by atoms with Gasteiger partial charge in [-0.1, -0.05) is 60.2 Å². The highest BCUT2D eigenvalue weighted by Gasteiger charge is 2.09. The van der Waals surface area contributed by atoms with Gasteiger partial charge in [-0.15, -0.1) is 0 Å². The second-order valence-corrected chi connectivity index (χ2v) is 6.05. The molecule has 0 aliphatic heterocycles. The molecular formula is C21H21N3O. The van der Waals surface area contributed by atoms with Crippen LogP contribution in [0.5, 0.6) is 0 Å². The molecule has 0 atom stereocenters. The number of aromatic nitrogens is 1. The monoisotopic (exact) mass is 331 g/mol. The van der Waals surface area contributed by atoms with Crippen LogP contribution < -0.4 is 10.9 Å². The van der Waals surface area contributed by atoms with E-state index in [-0.39, 0.29) is 11.4 Å². The quantitative estimate of drug-likeness (QED) is 0.556. The third-order valence-electron chi connectivity index (χ3n) is 4.08. The summed E-state index contributed by atoms with van der Waals surface area (Å²) < 4.78 is 1.64. The van der Waals surface area contributed by atoms with Crippen molar-refractivity contribution in [1.82, 2.24) is 9.88 Å². The van der Waals surface area contributed by atoms with Crippen LogP contribution in [0.1, 0.15) is 22.3 Å². The molecule has 3 rings (SSSR count). The zero-order valence-electron chi connectivity index (χ0n) is 14.2. The molecule has 0 saturated heterocycles. The Morgan fingerprint density at radius 2 is 1.68 bits per heavy atom. The van der Waals surface area contributed by atoms with E-state index < -0.39 is 0 Å². The molecule has 0 bridgehead atoms. The van der Waals surface area contributed by atoms with Gasteiger partial charge < -0.3 is 9.88 Å². The second-order valence-electron chi connectivity index (χ2n) is 6.05. The smallest absolute Gasteiger partial charge is 0.261 e. The first-order valence-corrected chi connectivity index (χ1v) is 8.25. The SMILES string of the molecule is Cc1ccc(Cn2cccc(C(=N)NCc3ccccc3)c2=O)cc1. The molecule has 3 aromatic rings. The zero-order valence-corrected chi connectivity index (χ0v) is 14.2.